The molecule has 0 fully saturated rings. The molecule has 6 nitrogen and oxygen atoms in total. The first-order valence-corrected chi connectivity index (χ1v) is 11.3. The Labute approximate surface area is 203 Å². The molecule has 1 aliphatic heterocycles. The topological polar surface area (TPSA) is 66.9 Å². The van der Waals surface area contributed by atoms with E-state index in [0.29, 0.717) is 42.1 Å². The molecule has 2 atom stereocenters. The molecule has 3 aromatic rings. The molecule has 2 heterocycles. The van der Waals surface area contributed by atoms with Gasteiger partial charge in [-0.05, 0) is 37.1 Å². The highest BCUT2D eigenvalue weighted by atomic mass is 19.4. The van der Waals surface area contributed by atoms with Crippen molar-refractivity contribution >= 4 is 5.97 Å². The number of carbonyl (C=O) groups is 1. The predicted molar refractivity (Wildman–Crippen MR) is 119 cm³/mol. The zero-order valence-corrected chi connectivity index (χ0v) is 19.1. The second kappa shape index (κ2) is 9.33. The van der Waals surface area contributed by atoms with Crippen molar-refractivity contribution in [2.75, 3.05) is 13.7 Å². The number of carbonyl (C=O) groups excluding carboxylic acids is 1. The van der Waals surface area contributed by atoms with E-state index in [9.17, 15) is 22.4 Å². The zero-order chi connectivity index (χ0) is 25.4. The molecule has 0 radical (unpaired) electrons. The second-order valence-corrected chi connectivity index (χ2v) is 8.55. The predicted octanol–water partition coefficient (Wildman–Crippen LogP) is 6.14. The fraction of sp³-hybridized carbons (Fsp3) is 0.308. The molecule has 5 rings (SSSR count). The summed E-state index contributed by atoms with van der Waals surface area (Å²) in [5, 5.41) is 0. The lowest BCUT2D eigenvalue weighted by molar-refractivity contribution is -0.142. The van der Waals surface area contributed by atoms with Crippen LogP contribution in [0.5, 0.6) is 23.0 Å². The van der Waals surface area contributed by atoms with Crippen LogP contribution in [0.25, 0.3) is 0 Å². The van der Waals surface area contributed by atoms with E-state index in [1.54, 1.807) is 12.1 Å². The number of hydrogen-bond acceptors (Lipinski definition) is 6. The van der Waals surface area contributed by atoms with Crippen molar-refractivity contribution < 1.29 is 41.3 Å². The summed E-state index contributed by atoms with van der Waals surface area (Å²) in [7, 11) is 1.34. The van der Waals surface area contributed by atoms with Gasteiger partial charge in [0.2, 0.25) is 0 Å². The maximum atomic E-state index is 14.8. The summed E-state index contributed by atoms with van der Waals surface area (Å²) in [6, 6.07) is 9.99. The largest absolute Gasteiger partial charge is 0.492 e. The minimum atomic E-state index is -4.61. The van der Waals surface area contributed by atoms with Crippen LogP contribution in [0.1, 0.15) is 47.2 Å². The van der Waals surface area contributed by atoms with Gasteiger partial charge in [-0.2, -0.15) is 13.2 Å². The molecule has 0 amide bonds. The molecule has 0 N–H and O–H groups in total. The lowest BCUT2D eigenvalue weighted by atomic mass is 9.98. The molecule has 188 valence electrons. The minimum Gasteiger partial charge on any atom is -0.492 e. The number of ether oxygens (including phenoxy) is 4. The van der Waals surface area contributed by atoms with Crippen molar-refractivity contribution in [3.63, 3.8) is 0 Å². The fourth-order valence-corrected chi connectivity index (χ4v) is 4.56. The smallest absolute Gasteiger partial charge is 0.433 e. The van der Waals surface area contributed by atoms with Crippen LogP contribution >= 0.6 is 0 Å². The van der Waals surface area contributed by atoms with Crippen LogP contribution in [0.15, 0.2) is 48.7 Å². The number of esters is 1. The van der Waals surface area contributed by atoms with E-state index in [2.05, 4.69) is 4.98 Å². The number of aromatic nitrogens is 1. The molecule has 0 saturated carbocycles. The number of methoxy groups -OCH3 is 1. The van der Waals surface area contributed by atoms with Gasteiger partial charge in [0.15, 0.2) is 0 Å². The third-order valence-electron chi connectivity index (χ3n) is 6.27. The van der Waals surface area contributed by atoms with Crippen LogP contribution in [-0.4, -0.2) is 24.7 Å². The number of halogens is 4. The van der Waals surface area contributed by atoms with Gasteiger partial charge in [-0.15, -0.1) is 0 Å². The van der Waals surface area contributed by atoms with E-state index < -0.39 is 23.8 Å². The first-order valence-electron chi connectivity index (χ1n) is 11.3. The standard InChI is InChI=1S/C26H21F4NO5/c1-33-24(32)10-14-13-34-22-11-15(2-3-17(14)22)36-21-6-4-18-20(7-5-19(27)25(18)21)35-16-8-9-31-23(12-16)26(28,29)30/h2-3,5,7-9,11-12,14,21H,4,6,10,13H2,1H3/t14?,21-/m1/s1. The Morgan fingerprint density at radius 3 is 2.75 bits per heavy atom. The van der Waals surface area contributed by atoms with Gasteiger partial charge < -0.3 is 18.9 Å². The van der Waals surface area contributed by atoms with Crippen LogP contribution in [0.2, 0.25) is 0 Å². The van der Waals surface area contributed by atoms with Gasteiger partial charge >= 0.3 is 12.1 Å². The molecule has 0 saturated heterocycles. The van der Waals surface area contributed by atoms with E-state index in [4.69, 9.17) is 18.9 Å². The number of nitrogens with zero attached hydrogens (tertiary/aromatic N) is 1. The van der Waals surface area contributed by atoms with Gasteiger partial charge in [-0.3, -0.25) is 9.78 Å². The van der Waals surface area contributed by atoms with Crippen molar-refractivity contribution in [2.24, 2.45) is 0 Å². The van der Waals surface area contributed by atoms with Crippen LogP contribution in [-0.2, 0) is 22.1 Å². The van der Waals surface area contributed by atoms with E-state index in [-0.39, 0.29) is 29.8 Å². The van der Waals surface area contributed by atoms with E-state index in [0.717, 1.165) is 17.8 Å². The highest BCUT2D eigenvalue weighted by molar-refractivity contribution is 5.71. The SMILES string of the molecule is COC(=O)CC1COc2cc(O[C@@H]3CCc4c(Oc5ccnc(C(F)(F)F)c5)ccc(F)c43)ccc21. The molecule has 2 aliphatic rings. The Kier molecular flexibility index (Phi) is 6.19. The first kappa shape index (κ1) is 23.9. The molecule has 2 aromatic carbocycles. The minimum absolute atomic E-state index is 0.0484. The van der Waals surface area contributed by atoms with E-state index in [1.165, 1.54) is 25.3 Å². The summed E-state index contributed by atoms with van der Waals surface area (Å²) in [4.78, 5) is 15.0. The summed E-state index contributed by atoms with van der Waals surface area (Å²) in [6.07, 6.45) is -3.12. The van der Waals surface area contributed by atoms with Gasteiger partial charge in [-0.25, -0.2) is 4.39 Å². The molecule has 1 aliphatic carbocycles. The first-order chi connectivity index (χ1) is 17.2. The van der Waals surface area contributed by atoms with Gasteiger partial charge in [0.25, 0.3) is 0 Å². The van der Waals surface area contributed by atoms with Gasteiger partial charge in [0, 0.05) is 40.9 Å². The molecule has 36 heavy (non-hydrogen) atoms. The molecular formula is C26H21F4NO5. The number of pyridine rings is 1. The number of fused-ring (bicyclic) bond motifs is 2. The molecule has 1 aromatic heterocycles. The van der Waals surface area contributed by atoms with Crippen LogP contribution in [0.4, 0.5) is 17.6 Å². The third-order valence-corrected chi connectivity index (χ3v) is 6.27. The maximum absolute atomic E-state index is 14.8. The molecule has 0 bridgehead atoms. The van der Waals surface area contributed by atoms with Crippen molar-refractivity contribution in [2.45, 2.75) is 37.5 Å². The van der Waals surface area contributed by atoms with Crippen molar-refractivity contribution in [1.82, 2.24) is 4.98 Å². The highest BCUT2D eigenvalue weighted by Gasteiger charge is 2.34. The van der Waals surface area contributed by atoms with Crippen molar-refractivity contribution in [3.8, 4) is 23.0 Å². The quantitative estimate of drug-likeness (QED) is 0.298. The molecular weight excluding hydrogens is 482 g/mol. The van der Waals surface area contributed by atoms with Crippen molar-refractivity contribution in [3.05, 3.63) is 76.9 Å². The van der Waals surface area contributed by atoms with Gasteiger partial charge in [0.05, 0.1) is 20.1 Å². The Morgan fingerprint density at radius 1 is 1.14 bits per heavy atom. The Hall–Kier alpha value is -3.82. The monoisotopic (exact) mass is 503 g/mol. The average Bonchev–Trinajstić information content (AvgIpc) is 3.45. The summed E-state index contributed by atoms with van der Waals surface area (Å²) in [6.45, 7) is 0.348. The fourth-order valence-electron chi connectivity index (χ4n) is 4.56. The maximum Gasteiger partial charge on any atom is 0.433 e. The average molecular weight is 503 g/mol. The Balaban J connectivity index is 1.35. The number of rotatable bonds is 6. The van der Waals surface area contributed by atoms with Crippen LogP contribution in [0.3, 0.4) is 0 Å². The molecule has 1 unspecified atom stereocenters. The highest BCUT2D eigenvalue weighted by Crippen LogP contribution is 2.44. The normalized spacial score (nSPS) is 18.2. The summed E-state index contributed by atoms with van der Waals surface area (Å²) < 4.78 is 76.1. The number of alkyl halides is 3. The summed E-state index contributed by atoms with van der Waals surface area (Å²) in [5.74, 6) is 0.357. The Bertz CT molecular complexity index is 1310. The summed E-state index contributed by atoms with van der Waals surface area (Å²) >= 11 is 0. The summed E-state index contributed by atoms with van der Waals surface area (Å²) in [5.41, 5.74) is 0.646. The lowest BCUT2D eigenvalue weighted by Gasteiger charge is -2.17. The molecule has 10 heteroatoms. The van der Waals surface area contributed by atoms with E-state index in [1.807, 2.05) is 6.07 Å². The lowest BCUT2D eigenvalue weighted by Crippen LogP contribution is -2.09. The van der Waals surface area contributed by atoms with Gasteiger partial charge in [-0.1, -0.05) is 6.07 Å². The van der Waals surface area contributed by atoms with Crippen LogP contribution in [0, 0.1) is 5.82 Å². The Morgan fingerprint density at radius 2 is 1.97 bits per heavy atom. The molecule has 0 spiro atoms. The number of benzene rings is 2. The third kappa shape index (κ3) is 4.67. The van der Waals surface area contributed by atoms with Crippen LogP contribution < -0.4 is 14.2 Å². The van der Waals surface area contributed by atoms with E-state index >= 15 is 0 Å². The van der Waals surface area contributed by atoms with Gasteiger partial charge in [0.1, 0.15) is 40.6 Å². The second-order valence-electron chi connectivity index (χ2n) is 8.55. The number of hydrogen-bond donors (Lipinski definition) is 0. The van der Waals surface area contributed by atoms with Crippen molar-refractivity contribution in [1.29, 1.82) is 0 Å². The zero-order valence-electron chi connectivity index (χ0n) is 19.1.